The van der Waals surface area contributed by atoms with Crippen LogP contribution in [0.25, 0.3) is 0 Å². The second-order valence-electron chi connectivity index (χ2n) is 6.99. The van der Waals surface area contributed by atoms with E-state index in [0.717, 1.165) is 24.4 Å². The summed E-state index contributed by atoms with van der Waals surface area (Å²) < 4.78 is 6.01. The molecule has 2 fully saturated rings. The number of ether oxygens (including phenoxy) is 1. The molecule has 0 N–H and O–H groups in total. The van der Waals surface area contributed by atoms with E-state index in [-0.39, 0.29) is 0 Å². The van der Waals surface area contributed by atoms with E-state index in [2.05, 4.69) is 13.8 Å². The van der Waals surface area contributed by atoms with Gasteiger partial charge in [-0.25, -0.2) is 0 Å². The highest BCUT2D eigenvalue weighted by molar-refractivity contribution is 4.82. The smallest absolute Gasteiger partial charge is 0.0577 e. The molecule has 112 valence electrons. The van der Waals surface area contributed by atoms with Crippen molar-refractivity contribution in [2.24, 2.45) is 17.8 Å². The summed E-state index contributed by atoms with van der Waals surface area (Å²) in [5.74, 6) is 3.07. The monoisotopic (exact) mass is 266 g/mol. The van der Waals surface area contributed by atoms with Crippen LogP contribution < -0.4 is 0 Å². The molecule has 2 rings (SSSR count). The summed E-state index contributed by atoms with van der Waals surface area (Å²) in [6, 6.07) is 0. The highest BCUT2D eigenvalue weighted by atomic mass is 16.5. The normalized spacial score (nSPS) is 36.3. The van der Waals surface area contributed by atoms with Crippen LogP contribution in [0, 0.1) is 17.8 Å². The molecule has 0 aromatic rings. The zero-order valence-corrected chi connectivity index (χ0v) is 13.2. The number of rotatable bonds is 6. The molecule has 2 atom stereocenters. The Balaban J connectivity index is 1.72. The van der Waals surface area contributed by atoms with E-state index >= 15 is 0 Å². The van der Waals surface area contributed by atoms with Crippen LogP contribution in [0.2, 0.25) is 0 Å². The van der Waals surface area contributed by atoms with Crippen LogP contribution in [0.1, 0.15) is 84.5 Å². The van der Waals surface area contributed by atoms with Crippen molar-refractivity contribution in [3.05, 3.63) is 0 Å². The molecule has 0 aliphatic heterocycles. The molecular weight excluding hydrogens is 232 g/mol. The third-order valence-corrected chi connectivity index (χ3v) is 5.48. The van der Waals surface area contributed by atoms with Gasteiger partial charge >= 0.3 is 0 Å². The molecule has 0 unspecified atom stereocenters. The molecular formula is C18H34O. The Bertz CT molecular complexity index is 230. The van der Waals surface area contributed by atoms with Gasteiger partial charge in [0.05, 0.1) is 6.10 Å². The van der Waals surface area contributed by atoms with Gasteiger partial charge < -0.3 is 4.74 Å². The van der Waals surface area contributed by atoms with E-state index in [0.29, 0.717) is 6.10 Å². The molecule has 0 bridgehead atoms. The van der Waals surface area contributed by atoms with Crippen molar-refractivity contribution in [2.45, 2.75) is 90.6 Å². The van der Waals surface area contributed by atoms with E-state index in [9.17, 15) is 0 Å². The molecule has 0 heterocycles. The van der Waals surface area contributed by atoms with Gasteiger partial charge in [-0.3, -0.25) is 0 Å². The molecule has 0 spiro atoms. The largest absolute Gasteiger partial charge is 0.378 e. The maximum atomic E-state index is 6.01. The van der Waals surface area contributed by atoms with E-state index in [1.54, 1.807) is 0 Å². The van der Waals surface area contributed by atoms with E-state index in [4.69, 9.17) is 4.74 Å². The van der Waals surface area contributed by atoms with Gasteiger partial charge in [0.1, 0.15) is 0 Å². The van der Waals surface area contributed by atoms with Gasteiger partial charge in [-0.2, -0.15) is 0 Å². The first-order valence-electron chi connectivity index (χ1n) is 8.95. The van der Waals surface area contributed by atoms with Crippen LogP contribution in [0.15, 0.2) is 0 Å². The average Bonchev–Trinajstić information content (AvgIpc) is 2.46. The Labute approximate surface area is 120 Å². The minimum atomic E-state index is 0.590. The third-order valence-electron chi connectivity index (χ3n) is 5.48. The minimum absolute atomic E-state index is 0.590. The van der Waals surface area contributed by atoms with Gasteiger partial charge in [0.25, 0.3) is 0 Å². The second kappa shape index (κ2) is 8.29. The summed E-state index contributed by atoms with van der Waals surface area (Å²) in [5.41, 5.74) is 0. The lowest BCUT2D eigenvalue weighted by Crippen LogP contribution is -2.30. The van der Waals surface area contributed by atoms with Crippen LogP contribution in [-0.2, 0) is 4.74 Å². The van der Waals surface area contributed by atoms with Crippen LogP contribution in [0.4, 0.5) is 0 Å². The molecule has 0 radical (unpaired) electrons. The molecule has 0 saturated heterocycles. The fourth-order valence-electron chi connectivity index (χ4n) is 4.40. The van der Waals surface area contributed by atoms with Gasteiger partial charge in [0, 0.05) is 6.61 Å². The molecule has 19 heavy (non-hydrogen) atoms. The maximum absolute atomic E-state index is 6.01. The lowest BCUT2D eigenvalue weighted by molar-refractivity contribution is -0.00183. The lowest BCUT2D eigenvalue weighted by atomic mass is 9.70. The molecule has 0 aromatic carbocycles. The van der Waals surface area contributed by atoms with Gasteiger partial charge in [-0.05, 0) is 56.3 Å². The first-order valence-corrected chi connectivity index (χ1v) is 8.95. The molecule has 0 aromatic heterocycles. The summed E-state index contributed by atoms with van der Waals surface area (Å²) in [7, 11) is 0. The fraction of sp³-hybridized carbons (Fsp3) is 1.00. The zero-order chi connectivity index (χ0) is 13.5. The van der Waals surface area contributed by atoms with Crippen molar-refractivity contribution in [3.63, 3.8) is 0 Å². The van der Waals surface area contributed by atoms with E-state index < -0.39 is 0 Å². The molecule has 0 amide bonds. The van der Waals surface area contributed by atoms with Crippen LogP contribution in [0.5, 0.6) is 0 Å². The molecule has 2 aliphatic rings. The number of hydrogen-bond acceptors (Lipinski definition) is 1. The van der Waals surface area contributed by atoms with Gasteiger partial charge in [-0.15, -0.1) is 0 Å². The van der Waals surface area contributed by atoms with Gasteiger partial charge in [-0.1, -0.05) is 46.0 Å². The molecule has 2 saturated carbocycles. The van der Waals surface area contributed by atoms with E-state index in [1.165, 1.54) is 70.6 Å². The number of hydrogen-bond donors (Lipinski definition) is 0. The average molecular weight is 266 g/mol. The second-order valence-corrected chi connectivity index (χ2v) is 6.99. The molecule has 1 heteroatoms. The predicted octanol–water partition coefficient (Wildman–Crippen LogP) is 5.58. The summed E-state index contributed by atoms with van der Waals surface area (Å²) in [4.78, 5) is 0. The Kier molecular flexibility index (Phi) is 6.70. The topological polar surface area (TPSA) is 9.23 Å². The lowest BCUT2D eigenvalue weighted by Gasteiger charge is -2.38. The Morgan fingerprint density at radius 1 is 0.842 bits per heavy atom. The SMILES string of the molecule is CCCO[C@@H]1CCC[C@@H]([C@H]2CC[C@@H](CCC)CC2)C1. The van der Waals surface area contributed by atoms with Crippen molar-refractivity contribution in [1.82, 2.24) is 0 Å². The van der Waals surface area contributed by atoms with Crippen LogP contribution >= 0.6 is 0 Å². The highest BCUT2D eigenvalue weighted by Gasteiger charge is 2.31. The fourth-order valence-corrected chi connectivity index (χ4v) is 4.40. The van der Waals surface area contributed by atoms with Crippen LogP contribution in [-0.4, -0.2) is 12.7 Å². The predicted molar refractivity (Wildman–Crippen MR) is 82.3 cm³/mol. The Hall–Kier alpha value is -0.0400. The highest BCUT2D eigenvalue weighted by Crippen LogP contribution is 2.41. The van der Waals surface area contributed by atoms with Crippen molar-refractivity contribution in [2.75, 3.05) is 6.61 Å². The van der Waals surface area contributed by atoms with Crippen LogP contribution in [0.3, 0.4) is 0 Å². The first kappa shape index (κ1) is 15.4. The zero-order valence-electron chi connectivity index (χ0n) is 13.2. The summed E-state index contributed by atoms with van der Waals surface area (Å²) in [5, 5.41) is 0. The quantitative estimate of drug-likeness (QED) is 0.610. The van der Waals surface area contributed by atoms with Gasteiger partial charge in [0.2, 0.25) is 0 Å². The maximum Gasteiger partial charge on any atom is 0.0577 e. The van der Waals surface area contributed by atoms with Crippen molar-refractivity contribution in [1.29, 1.82) is 0 Å². The van der Waals surface area contributed by atoms with Crippen molar-refractivity contribution in [3.8, 4) is 0 Å². The first-order chi connectivity index (χ1) is 9.33. The van der Waals surface area contributed by atoms with Crippen molar-refractivity contribution < 1.29 is 4.74 Å². The standard InChI is InChI=1S/C18H34O/c1-3-6-15-9-11-16(12-10-15)17-7-5-8-18(14-17)19-13-4-2/h15-18H,3-14H2,1-2H3/t15-,16+,17-,18-/m1/s1. The van der Waals surface area contributed by atoms with E-state index in [1.807, 2.05) is 0 Å². The molecule has 2 aliphatic carbocycles. The summed E-state index contributed by atoms with van der Waals surface area (Å²) in [6.45, 7) is 5.53. The summed E-state index contributed by atoms with van der Waals surface area (Å²) in [6.07, 6.45) is 16.2. The minimum Gasteiger partial charge on any atom is -0.378 e. The van der Waals surface area contributed by atoms with Crippen molar-refractivity contribution >= 4 is 0 Å². The van der Waals surface area contributed by atoms with Gasteiger partial charge in [0.15, 0.2) is 0 Å². The Morgan fingerprint density at radius 2 is 1.63 bits per heavy atom. The molecule has 1 nitrogen and oxygen atoms in total. The summed E-state index contributed by atoms with van der Waals surface area (Å²) >= 11 is 0. The Morgan fingerprint density at radius 3 is 2.32 bits per heavy atom. The third kappa shape index (κ3) is 4.77.